The Kier molecular flexibility index (Phi) is 7.05. The molecule has 182 valence electrons. The van der Waals surface area contributed by atoms with Gasteiger partial charge >= 0.3 is 5.97 Å². The van der Waals surface area contributed by atoms with Gasteiger partial charge in [-0.2, -0.15) is 5.10 Å². The van der Waals surface area contributed by atoms with Crippen LogP contribution in [0.15, 0.2) is 70.4 Å². The topological polar surface area (TPSA) is 90.1 Å². The maximum atomic E-state index is 12.5. The molecular weight excluding hydrogens is 444 g/mol. The Balaban J connectivity index is 1.34. The third-order valence-corrected chi connectivity index (χ3v) is 5.91. The molecule has 1 aliphatic carbocycles. The van der Waals surface area contributed by atoms with Gasteiger partial charge in [0.05, 0.1) is 19.1 Å². The zero-order chi connectivity index (χ0) is 25.0. The van der Waals surface area contributed by atoms with Gasteiger partial charge in [0.2, 0.25) is 11.7 Å². The number of hydrogen-bond donors (Lipinski definition) is 1. The Morgan fingerprint density at radius 1 is 1.11 bits per heavy atom. The number of hydrogen-bond acceptors (Lipinski definition) is 6. The van der Waals surface area contributed by atoms with Crippen molar-refractivity contribution in [3.63, 3.8) is 0 Å². The molecule has 0 radical (unpaired) electrons. The molecule has 0 bridgehead atoms. The average molecular weight is 475 g/mol. The lowest BCUT2D eigenvalue weighted by molar-refractivity contribution is -0.122. The highest BCUT2D eigenvalue weighted by Crippen LogP contribution is 2.47. The molecule has 1 amide bonds. The maximum Gasteiger partial charge on any atom is 0.379 e. The summed E-state index contributed by atoms with van der Waals surface area (Å²) in [6.45, 7) is 8.79. The Bertz CT molecular complexity index is 1210. The SMILES string of the molecule is CCOc1cc(/C=N\NC(=O)C2CC2c2ccc(C(C)(C)C)cc2)ccc1OC(=O)c1ccco1. The zero-order valence-corrected chi connectivity index (χ0v) is 20.4. The predicted molar refractivity (Wildman–Crippen MR) is 133 cm³/mol. The quantitative estimate of drug-likeness (QED) is 0.203. The Morgan fingerprint density at radius 2 is 1.89 bits per heavy atom. The van der Waals surface area contributed by atoms with Crippen LogP contribution in [-0.4, -0.2) is 24.7 Å². The molecule has 1 heterocycles. The summed E-state index contributed by atoms with van der Waals surface area (Å²) in [5.74, 6) is 0.208. The molecule has 3 aromatic rings. The molecule has 1 N–H and O–H groups in total. The summed E-state index contributed by atoms with van der Waals surface area (Å²) in [5, 5.41) is 4.11. The zero-order valence-electron chi connectivity index (χ0n) is 20.4. The van der Waals surface area contributed by atoms with Crippen molar-refractivity contribution >= 4 is 18.1 Å². The molecule has 4 rings (SSSR count). The smallest absolute Gasteiger partial charge is 0.379 e. The van der Waals surface area contributed by atoms with E-state index in [0.29, 0.717) is 17.9 Å². The highest BCUT2D eigenvalue weighted by Gasteiger charge is 2.44. The number of nitrogens with one attached hydrogen (secondary N) is 1. The summed E-state index contributed by atoms with van der Waals surface area (Å²) in [5.41, 5.74) is 5.90. The maximum absolute atomic E-state index is 12.5. The number of amides is 1. The first kappa shape index (κ1) is 24.3. The Labute approximate surface area is 205 Å². The van der Waals surface area contributed by atoms with Crippen LogP contribution in [0, 0.1) is 5.92 Å². The number of furan rings is 1. The lowest BCUT2D eigenvalue weighted by atomic mass is 9.86. The van der Waals surface area contributed by atoms with Gasteiger partial charge in [0.1, 0.15) is 0 Å². The van der Waals surface area contributed by atoms with E-state index in [-0.39, 0.29) is 34.7 Å². The van der Waals surface area contributed by atoms with Crippen LogP contribution >= 0.6 is 0 Å². The van der Waals surface area contributed by atoms with Gasteiger partial charge in [-0.3, -0.25) is 4.79 Å². The molecule has 0 aliphatic heterocycles. The lowest BCUT2D eigenvalue weighted by Gasteiger charge is -2.19. The summed E-state index contributed by atoms with van der Waals surface area (Å²) < 4.78 is 16.1. The summed E-state index contributed by atoms with van der Waals surface area (Å²) in [6, 6.07) is 16.7. The molecule has 2 aromatic carbocycles. The summed E-state index contributed by atoms with van der Waals surface area (Å²) in [7, 11) is 0. The van der Waals surface area contributed by atoms with Crippen molar-refractivity contribution in [2.75, 3.05) is 6.61 Å². The minimum Gasteiger partial charge on any atom is -0.490 e. The fourth-order valence-corrected chi connectivity index (χ4v) is 3.84. The van der Waals surface area contributed by atoms with Crippen LogP contribution in [0.2, 0.25) is 0 Å². The lowest BCUT2D eigenvalue weighted by Crippen LogP contribution is -2.20. The van der Waals surface area contributed by atoms with Gasteiger partial charge in [0.25, 0.3) is 0 Å². The summed E-state index contributed by atoms with van der Waals surface area (Å²) >= 11 is 0. The van der Waals surface area contributed by atoms with E-state index in [0.717, 1.165) is 6.42 Å². The van der Waals surface area contributed by atoms with Crippen molar-refractivity contribution in [1.82, 2.24) is 5.43 Å². The fourth-order valence-electron chi connectivity index (χ4n) is 3.84. The number of hydrazone groups is 1. The van der Waals surface area contributed by atoms with Crippen LogP contribution < -0.4 is 14.9 Å². The fraction of sp³-hybridized carbons (Fsp3) is 0.321. The van der Waals surface area contributed by atoms with E-state index >= 15 is 0 Å². The molecule has 2 atom stereocenters. The second kappa shape index (κ2) is 10.2. The predicted octanol–water partition coefficient (Wildman–Crippen LogP) is 5.45. The van der Waals surface area contributed by atoms with Gasteiger partial charge in [-0.15, -0.1) is 0 Å². The van der Waals surface area contributed by atoms with Crippen molar-refractivity contribution < 1.29 is 23.5 Å². The minimum atomic E-state index is -0.614. The van der Waals surface area contributed by atoms with Crippen molar-refractivity contribution in [2.24, 2.45) is 11.0 Å². The number of carbonyl (C=O) groups excluding carboxylic acids is 2. The van der Waals surface area contributed by atoms with Crippen LogP contribution in [0.25, 0.3) is 0 Å². The van der Waals surface area contributed by atoms with Gasteiger partial charge < -0.3 is 13.9 Å². The van der Waals surface area contributed by atoms with E-state index in [1.54, 1.807) is 24.3 Å². The number of rotatable bonds is 8. The van der Waals surface area contributed by atoms with Crippen molar-refractivity contribution in [1.29, 1.82) is 0 Å². The normalized spacial score (nSPS) is 17.3. The van der Waals surface area contributed by atoms with E-state index in [1.165, 1.54) is 29.7 Å². The van der Waals surface area contributed by atoms with Crippen molar-refractivity contribution in [3.8, 4) is 11.5 Å². The van der Waals surface area contributed by atoms with Gasteiger partial charge in [0.15, 0.2) is 11.5 Å². The first-order valence-corrected chi connectivity index (χ1v) is 11.7. The number of esters is 1. The summed E-state index contributed by atoms with van der Waals surface area (Å²) in [4.78, 5) is 24.7. The third kappa shape index (κ3) is 5.98. The molecule has 1 saturated carbocycles. The van der Waals surface area contributed by atoms with Crippen LogP contribution in [0.3, 0.4) is 0 Å². The molecule has 1 aliphatic rings. The average Bonchev–Trinajstić information content (AvgIpc) is 3.44. The highest BCUT2D eigenvalue weighted by molar-refractivity contribution is 5.89. The number of ether oxygens (including phenoxy) is 2. The molecule has 1 aromatic heterocycles. The van der Waals surface area contributed by atoms with E-state index < -0.39 is 5.97 Å². The van der Waals surface area contributed by atoms with Crippen LogP contribution in [-0.2, 0) is 10.2 Å². The second-order valence-corrected chi connectivity index (χ2v) is 9.56. The molecule has 0 spiro atoms. The molecule has 0 saturated heterocycles. The van der Waals surface area contributed by atoms with E-state index in [1.807, 2.05) is 6.92 Å². The monoisotopic (exact) mass is 474 g/mol. The van der Waals surface area contributed by atoms with Gasteiger partial charge in [-0.1, -0.05) is 45.0 Å². The molecule has 7 nitrogen and oxygen atoms in total. The van der Waals surface area contributed by atoms with Gasteiger partial charge in [-0.25, -0.2) is 10.2 Å². The largest absolute Gasteiger partial charge is 0.490 e. The highest BCUT2D eigenvalue weighted by atomic mass is 16.6. The van der Waals surface area contributed by atoms with Crippen molar-refractivity contribution in [3.05, 3.63) is 83.3 Å². The van der Waals surface area contributed by atoms with E-state index in [4.69, 9.17) is 13.9 Å². The minimum absolute atomic E-state index is 0.0741. The first-order valence-electron chi connectivity index (χ1n) is 11.7. The standard InChI is InChI=1S/C28H30N2O5/c1-5-33-25-15-18(8-13-23(25)35-27(32)24-7-6-14-34-24)17-29-30-26(31)22-16-21(22)19-9-11-20(12-10-19)28(2,3)4/h6-15,17,21-22H,5,16H2,1-4H3,(H,30,31)/b29-17-. The van der Waals surface area contributed by atoms with E-state index in [9.17, 15) is 9.59 Å². The Hall–Kier alpha value is -3.87. The Morgan fingerprint density at radius 3 is 2.54 bits per heavy atom. The molecule has 2 unspecified atom stereocenters. The van der Waals surface area contributed by atoms with Gasteiger partial charge in [-0.05, 0) is 71.7 Å². The van der Waals surface area contributed by atoms with Gasteiger partial charge in [0, 0.05) is 5.92 Å². The van der Waals surface area contributed by atoms with E-state index in [2.05, 4.69) is 55.6 Å². The molecule has 7 heteroatoms. The van der Waals surface area contributed by atoms with Crippen LogP contribution in [0.1, 0.15) is 67.3 Å². The second-order valence-electron chi connectivity index (χ2n) is 9.56. The van der Waals surface area contributed by atoms with Crippen LogP contribution in [0.5, 0.6) is 11.5 Å². The molecular formula is C28H30N2O5. The third-order valence-electron chi connectivity index (χ3n) is 5.91. The molecule has 1 fully saturated rings. The van der Waals surface area contributed by atoms with Crippen molar-refractivity contribution in [2.45, 2.75) is 45.4 Å². The van der Waals surface area contributed by atoms with Crippen LogP contribution in [0.4, 0.5) is 0 Å². The summed E-state index contributed by atoms with van der Waals surface area (Å²) in [6.07, 6.45) is 3.76. The number of nitrogens with zero attached hydrogens (tertiary/aromatic N) is 1. The number of benzene rings is 2. The first-order chi connectivity index (χ1) is 16.8. The number of carbonyl (C=O) groups is 2. The molecule has 35 heavy (non-hydrogen) atoms.